The minimum absolute atomic E-state index is 0.139. The molecule has 2 rings (SSSR count). The van der Waals surface area contributed by atoms with Gasteiger partial charge < -0.3 is 14.9 Å². The first-order chi connectivity index (χ1) is 11.0. The molecule has 7 nitrogen and oxygen atoms in total. The Kier molecular flexibility index (Phi) is 5.74. The minimum atomic E-state index is -0.874. The summed E-state index contributed by atoms with van der Waals surface area (Å²) >= 11 is 0. The van der Waals surface area contributed by atoms with E-state index in [-0.39, 0.29) is 12.5 Å². The number of aromatic nitrogens is 2. The summed E-state index contributed by atoms with van der Waals surface area (Å²) in [5, 5.41) is 16.0. The average Bonchev–Trinajstić information content (AvgIpc) is 3.28. The summed E-state index contributed by atoms with van der Waals surface area (Å²) in [5.74, 6) is 0.812. The number of aryl methyl sites for hydroxylation is 1. The zero-order chi connectivity index (χ0) is 16.9. The van der Waals surface area contributed by atoms with Crippen molar-refractivity contribution in [3.8, 4) is 0 Å². The molecule has 2 N–H and O–H groups in total. The lowest BCUT2D eigenvalue weighted by Gasteiger charge is -2.26. The molecule has 0 bridgehead atoms. The highest BCUT2D eigenvalue weighted by molar-refractivity contribution is 5.79. The molecule has 1 aromatic heterocycles. The van der Waals surface area contributed by atoms with Crippen LogP contribution in [-0.2, 0) is 16.0 Å². The Hall–Kier alpha value is -1.92. The number of carboxylic acids is 1. The Morgan fingerprint density at radius 3 is 2.61 bits per heavy atom. The lowest BCUT2D eigenvalue weighted by molar-refractivity contribution is -0.149. The molecular formula is C16H25N3O4. The van der Waals surface area contributed by atoms with E-state index in [0.717, 1.165) is 18.7 Å². The van der Waals surface area contributed by atoms with Gasteiger partial charge in [0.2, 0.25) is 11.8 Å². The topological polar surface area (TPSA) is 105 Å². The first-order valence-electron chi connectivity index (χ1n) is 8.33. The van der Waals surface area contributed by atoms with Crippen molar-refractivity contribution < 1.29 is 19.2 Å². The molecule has 0 aromatic carbocycles. The van der Waals surface area contributed by atoms with E-state index < -0.39 is 11.4 Å². The van der Waals surface area contributed by atoms with Crippen LogP contribution in [0.3, 0.4) is 0 Å². The molecule has 1 aliphatic carbocycles. The average molecular weight is 323 g/mol. The predicted octanol–water partition coefficient (Wildman–Crippen LogP) is 2.28. The quantitative estimate of drug-likeness (QED) is 0.684. The standard InChI is InChI=1S/C16H25N3O4/c1-3-16(4-2,15(21)22)10-17-12(20)6-5-7-13-18-14(19-23-13)11-8-9-11/h11H,3-10H2,1-2H3,(H,17,20)(H,21,22). The van der Waals surface area contributed by atoms with Gasteiger partial charge in [0.15, 0.2) is 5.82 Å². The Labute approximate surface area is 135 Å². The second-order valence-corrected chi connectivity index (χ2v) is 6.24. The smallest absolute Gasteiger partial charge is 0.311 e. The molecular weight excluding hydrogens is 298 g/mol. The highest BCUT2D eigenvalue weighted by Gasteiger charge is 2.35. The van der Waals surface area contributed by atoms with E-state index in [9.17, 15) is 14.7 Å². The molecule has 128 valence electrons. The number of hydrogen-bond donors (Lipinski definition) is 2. The number of carbonyl (C=O) groups is 2. The number of carboxylic acid groups (broad SMARTS) is 1. The maximum absolute atomic E-state index is 11.9. The van der Waals surface area contributed by atoms with Gasteiger partial charge in [0.05, 0.1) is 5.41 Å². The Morgan fingerprint density at radius 2 is 2.04 bits per heavy atom. The van der Waals surface area contributed by atoms with Crippen LogP contribution in [0.15, 0.2) is 4.52 Å². The van der Waals surface area contributed by atoms with Crippen molar-refractivity contribution in [2.45, 2.75) is 64.7 Å². The van der Waals surface area contributed by atoms with Crippen LogP contribution in [0.2, 0.25) is 0 Å². The fourth-order valence-electron chi connectivity index (χ4n) is 2.51. The van der Waals surface area contributed by atoms with Crippen molar-refractivity contribution in [3.05, 3.63) is 11.7 Å². The summed E-state index contributed by atoms with van der Waals surface area (Å²) in [6.07, 6.45) is 4.73. The number of hydrogen-bond acceptors (Lipinski definition) is 5. The Morgan fingerprint density at radius 1 is 1.35 bits per heavy atom. The molecule has 0 aliphatic heterocycles. The predicted molar refractivity (Wildman–Crippen MR) is 82.9 cm³/mol. The van der Waals surface area contributed by atoms with Crippen molar-refractivity contribution in [3.63, 3.8) is 0 Å². The number of amides is 1. The van der Waals surface area contributed by atoms with Gasteiger partial charge in [-0.05, 0) is 32.1 Å². The van der Waals surface area contributed by atoms with E-state index in [1.807, 2.05) is 13.8 Å². The third kappa shape index (κ3) is 4.53. The highest BCUT2D eigenvalue weighted by atomic mass is 16.5. The second kappa shape index (κ2) is 7.57. The monoisotopic (exact) mass is 323 g/mol. The largest absolute Gasteiger partial charge is 0.481 e. The summed E-state index contributed by atoms with van der Waals surface area (Å²) in [5.41, 5.74) is -0.874. The molecule has 0 unspecified atom stereocenters. The van der Waals surface area contributed by atoms with E-state index in [0.29, 0.717) is 43.9 Å². The molecule has 1 aliphatic rings. The SMILES string of the molecule is CCC(CC)(CNC(=O)CCCc1nc(C2CC2)no1)C(=O)O. The van der Waals surface area contributed by atoms with Gasteiger partial charge in [-0.1, -0.05) is 19.0 Å². The molecule has 1 aromatic rings. The van der Waals surface area contributed by atoms with Crippen LogP contribution >= 0.6 is 0 Å². The van der Waals surface area contributed by atoms with Crippen LogP contribution in [0.5, 0.6) is 0 Å². The van der Waals surface area contributed by atoms with Crippen molar-refractivity contribution in [1.82, 2.24) is 15.5 Å². The Balaban J connectivity index is 1.70. The summed E-state index contributed by atoms with van der Waals surface area (Å²) in [4.78, 5) is 27.6. The lowest BCUT2D eigenvalue weighted by atomic mass is 9.82. The van der Waals surface area contributed by atoms with Crippen LogP contribution < -0.4 is 5.32 Å². The van der Waals surface area contributed by atoms with Gasteiger partial charge in [0.1, 0.15) is 0 Å². The van der Waals surface area contributed by atoms with Gasteiger partial charge in [-0.15, -0.1) is 0 Å². The van der Waals surface area contributed by atoms with Crippen molar-refractivity contribution in [2.24, 2.45) is 5.41 Å². The molecule has 0 saturated heterocycles. The van der Waals surface area contributed by atoms with Crippen LogP contribution in [0.1, 0.15) is 70.0 Å². The zero-order valence-electron chi connectivity index (χ0n) is 13.8. The number of rotatable bonds is 10. The molecule has 0 spiro atoms. The lowest BCUT2D eigenvalue weighted by Crippen LogP contribution is -2.42. The van der Waals surface area contributed by atoms with E-state index >= 15 is 0 Å². The van der Waals surface area contributed by atoms with E-state index in [1.165, 1.54) is 0 Å². The molecule has 0 atom stereocenters. The molecule has 1 fully saturated rings. The maximum Gasteiger partial charge on any atom is 0.311 e. The second-order valence-electron chi connectivity index (χ2n) is 6.24. The van der Waals surface area contributed by atoms with E-state index in [4.69, 9.17) is 4.52 Å². The van der Waals surface area contributed by atoms with Crippen molar-refractivity contribution in [1.29, 1.82) is 0 Å². The fraction of sp³-hybridized carbons (Fsp3) is 0.750. The van der Waals surface area contributed by atoms with Crippen molar-refractivity contribution >= 4 is 11.9 Å². The van der Waals surface area contributed by atoms with E-state index in [2.05, 4.69) is 15.5 Å². The number of carbonyl (C=O) groups excluding carboxylic acids is 1. The molecule has 1 amide bonds. The van der Waals surface area contributed by atoms with Crippen molar-refractivity contribution in [2.75, 3.05) is 6.54 Å². The number of nitrogens with zero attached hydrogens (tertiary/aromatic N) is 2. The number of nitrogens with one attached hydrogen (secondary N) is 1. The van der Waals surface area contributed by atoms with Gasteiger partial charge >= 0.3 is 5.97 Å². The van der Waals surface area contributed by atoms with Crippen LogP contribution in [0.4, 0.5) is 0 Å². The normalized spacial score (nSPS) is 14.7. The van der Waals surface area contributed by atoms with Crippen LogP contribution in [0.25, 0.3) is 0 Å². The molecule has 1 saturated carbocycles. The van der Waals surface area contributed by atoms with Gasteiger partial charge in [-0.2, -0.15) is 4.98 Å². The van der Waals surface area contributed by atoms with Gasteiger partial charge in [0.25, 0.3) is 0 Å². The first-order valence-corrected chi connectivity index (χ1v) is 8.33. The molecule has 1 heterocycles. The molecule has 23 heavy (non-hydrogen) atoms. The Bertz CT molecular complexity index is 547. The zero-order valence-corrected chi connectivity index (χ0v) is 13.8. The first kappa shape index (κ1) is 17.4. The van der Waals surface area contributed by atoms with Crippen LogP contribution in [-0.4, -0.2) is 33.7 Å². The highest BCUT2D eigenvalue weighted by Crippen LogP contribution is 2.38. The van der Waals surface area contributed by atoms with Crippen LogP contribution in [0, 0.1) is 5.41 Å². The molecule has 7 heteroatoms. The van der Waals surface area contributed by atoms with Gasteiger partial charge in [-0.3, -0.25) is 9.59 Å². The van der Waals surface area contributed by atoms with Gasteiger partial charge in [-0.25, -0.2) is 0 Å². The van der Waals surface area contributed by atoms with Gasteiger partial charge in [0, 0.05) is 25.3 Å². The fourth-order valence-corrected chi connectivity index (χ4v) is 2.51. The minimum Gasteiger partial charge on any atom is -0.481 e. The third-order valence-electron chi connectivity index (χ3n) is 4.65. The van der Waals surface area contributed by atoms with E-state index in [1.54, 1.807) is 0 Å². The summed E-state index contributed by atoms with van der Waals surface area (Å²) in [6, 6.07) is 0. The summed E-state index contributed by atoms with van der Waals surface area (Å²) in [7, 11) is 0. The third-order valence-corrected chi connectivity index (χ3v) is 4.65. The molecule has 0 radical (unpaired) electrons. The maximum atomic E-state index is 11.9. The number of aliphatic carboxylic acids is 1. The summed E-state index contributed by atoms with van der Waals surface area (Å²) in [6.45, 7) is 3.83. The summed E-state index contributed by atoms with van der Waals surface area (Å²) < 4.78 is 5.16.